The molecule has 1 heterocycles. The zero-order valence-electron chi connectivity index (χ0n) is 9.60. The van der Waals surface area contributed by atoms with Crippen LogP contribution in [0.2, 0.25) is 0 Å². The van der Waals surface area contributed by atoms with Crippen LogP contribution in [0, 0.1) is 0 Å². The lowest BCUT2D eigenvalue weighted by Crippen LogP contribution is -1.93. The smallest absolute Gasteiger partial charge is 0.221 e. The second-order valence-corrected chi connectivity index (χ2v) is 3.62. The van der Waals surface area contributed by atoms with Gasteiger partial charge in [0.05, 0.1) is 7.11 Å². The first kappa shape index (κ1) is 10.7. The second kappa shape index (κ2) is 4.79. The molecule has 0 amide bonds. The van der Waals surface area contributed by atoms with Crippen LogP contribution in [0.25, 0.3) is 11.1 Å². The SMILES string of the molecule is CCc1cnc(OC)c(-c2ccccc2)c1. The zero-order chi connectivity index (χ0) is 11.4. The van der Waals surface area contributed by atoms with Gasteiger partial charge in [0.15, 0.2) is 0 Å². The molecule has 1 aromatic heterocycles. The van der Waals surface area contributed by atoms with Crippen LogP contribution in [-0.2, 0) is 6.42 Å². The highest BCUT2D eigenvalue weighted by Crippen LogP contribution is 2.28. The molecule has 2 heteroatoms. The van der Waals surface area contributed by atoms with Gasteiger partial charge in [0.25, 0.3) is 0 Å². The lowest BCUT2D eigenvalue weighted by molar-refractivity contribution is 0.399. The van der Waals surface area contributed by atoms with Gasteiger partial charge in [-0.3, -0.25) is 0 Å². The van der Waals surface area contributed by atoms with Crippen molar-refractivity contribution in [2.24, 2.45) is 0 Å². The Morgan fingerprint density at radius 1 is 1.19 bits per heavy atom. The fourth-order valence-corrected chi connectivity index (χ4v) is 1.68. The summed E-state index contributed by atoms with van der Waals surface area (Å²) in [5.74, 6) is 0.684. The first-order valence-electron chi connectivity index (χ1n) is 5.43. The highest BCUT2D eigenvalue weighted by molar-refractivity contribution is 5.69. The first-order valence-corrected chi connectivity index (χ1v) is 5.43. The summed E-state index contributed by atoms with van der Waals surface area (Å²) in [5.41, 5.74) is 3.42. The van der Waals surface area contributed by atoms with Crippen LogP contribution in [0.3, 0.4) is 0 Å². The lowest BCUT2D eigenvalue weighted by atomic mass is 10.0. The van der Waals surface area contributed by atoms with Crippen molar-refractivity contribution in [3.05, 3.63) is 48.2 Å². The largest absolute Gasteiger partial charge is 0.481 e. The van der Waals surface area contributed by atoms with Crippen LogP contribution in [0.1, 0.15) is 12.5 Å². The molecule has 0 saturated heterocycles. The van der Waals surface area contributed by atoms with Crippen molar-refractivity contribution in [3.63, 3.8) is 0 Å². The summed E-state index contributed by atoms with van der Waals surface area (Å²) in [6, 6.07) is 12.3. The first-order chi connectivity index (χ1) is 7.85. The van der Waals surface area contributed by atoms with E-state index >= 15 is 0 Å². The molecule has 2 rings (SSSR count). The van der Waals surface area contributed by atoms with Crippen LogP contribution in [0.15, 0.2) is 42.6 Å². The van der Waals surface area contributed by atoms with Crippen LogP contribution in [0.4, 0.5) is 0 Å². The van der Waals surface area contributed by atoms with E-state index in [1.807, 2.05) is 24.4 Å². The third-order valence-corrected chi connectivity index (χ3v) is 2.59. The number of hydrogen-bond donors (Lipinski definition) is 0. The molecule has 0 aliphatic rings. The summed E-state index contributed by atoms with van der Waals surface area (Å²) in [5, 5.41) is 0. The Bertz CT molecular complexity index is 465. The van der Waals surface area contributed by atoms with Gasteiger partial charge in [0.1, 0.15) is 0 Å². The summed E-state index contributed by atoms with van der Waals surface area (Å²) in [6.07, 6.45) is 2.85. The number of ether oxygens (including phenoxy) is 1. The van der Waals surface area contributed by atoms with E-state index in [0.717, 1.165) is 17.5 Å². The molecule has 2 aromatic rings. The van der Waals surface area contributed by atoms with E-state index < -0.39 is 0 Å². The molecule has 0 saturated carbocycles. The monoisotopic (exact) mass is 213 g/mol. The molecule has 1 aromatic carbocycles. The molecule has 2 nitrogen and oxygen atoms in total. The average molecular weight is 213 g/mol. The number of nitrogens with zero attached hydrogens (tertiary/aromatic N) is 1. The Labute approximate surface area is 95.9 Å². The Kier molecular flexibility index (Phi) is 3.20. The van der Waals surface area contributed by atoms with Crippen molar-refractivity contribution >= 4 is 0 Å². The standard InChI is InChI=1S/C14H15NO/c1-3-11-9-13(14(16-2)15-10-11)12-7-5-4-6-8-12/h4-10H,3H2,1-2H3. The number of pyridine rings is 1. The molecule has 16 heavy (non-hydrogen) atoms. The van der Waals surface area contributed by atoms with Crippen molar-refractivity contribution in [2.75, 3.05) is 7.11 Å². The topological polar surface area (TPSA) is 22.1 Å². The Balaban J connectivity index is 2.53. The Hall–Kier alpha value is -1.83. The number of hydrogen-bond acceptors (Lipinski definition) is 2. The van der Waals surface area contributed by atoms with E-state index in [1.165, 1.54) is 5.56 Å². The van der Waals surface area contributed by atoms with Gasteiger partial charge in [0.2, 0.25) is 5.88 Å². The van der Waals surface area contributed by atoms with Gasteiger partial charge in [-0.05, 0) is 23.6 Å². The van der Waals surface area contributed by atoms with E-state index in [2.05, 4.69) is 30.1 Å². The molecule has 0 atom stereocenters. The normalized spacial score (nSPS) is 10.1. The number of aromatic nitrogens is 1. The third kappa shape index (κ3) is 2.06. The highest BCUT2D eigenvalue weighted by atomic mass is 16.5. The predicted octanol–water partition coefficient (Wildman–Crippen LogP) is 3.32. The van der Waals surface area contributed by atoms with Crippen molar-refractivity contribution in [1.82, 2.24) is 4.98 Å². The van der Waals surface area contributed by atoms with Crippen LogP contribution in [-0.4, -0.2) is 12.1 Å². The van der Waals surface area contributed by atoms with Crippen LogP contribution >= 0.6 is 0 Å². The van der Waals surface area contributed by atoms with Gasteiger partial charge < -0.3 is 4.74 Å². The van der Waals surface area contributed by atoms with Gasteiger partial charge >= 0.3 is 0 Å². The van der Waals surface area contributed by atoms with E-state index in [0.29, 0.717) is 5.88 Å². The molecule has 0 N–H and O–H groups in total. The van der Waals surface area contributed by atoms with Gasteiger partial charge in [-0.1, -0.05) is 37.3 Å². The minimum Gasteiger partial charge on any atom is -0.481 e. The van der Waals surface area contributed by atoms with Crippen LogP contribution in [0.5, 0.6) is 5.88 Å². The van der Waals surface area contributed by atoms with Gasteiger partial charge in [-0.15, -0.1) is 0 Å². The quantitative estimate of drug-likeness (QED) is 0.780. The van der Waals surface area contributed by atoms with E-state index in [-0.39, 0.29) is 0 Å². The molecular weight excluding hydrogens is 198 g/mol. The van der Waals surface area contributed by atoms with E-state index in [9.17, 15) is 0 Å². The van der Waals surface area contributed by atoms with Gasteiger partial charge in [0, 0.05) is 11.8 Å². The Morgan fingerprint density at radius 3 is 2.56 bits per heavy atom. The molecule has 0 unspecified atom stereocenters. The van der Waals surface area contributed by atoms with Crippen molar-refractivity contribution in [2.45, 2.75) is 13.3 Å². The highest BCUT2D eigenvalue weighted by Gasteiger charge is 2.07. The van der Waals surface area contributed by atoms with Crippen molar-refractivity contribution in [3.8, 4) is 17.0 Å². The maximum absolute atomic E-state index is 5.29. The molecule has 0 spiro atoms. The number of rotatable bonds is 3. The minimum atomic E-state index is 0.684. The summed E-state index contributed by atoms with van der Waals surface area (Å²) in [6.45, 7) is 2.12. The number of methoxy groups -OCH3 is 1. The van der Waals surface area contributed by atoms with E-state index in [4.69, 9.17) is 4.74 Å². The second-order valence-electron chi connectivity index (χ2n) is 3.62. The fraction of sp³-hybridized carbons (Fsp3) is 0.214. The number of aryl methyl sites for hydroxylation is 1. The fourth-order valence-electron chi connectivity index (χ4n) is 1.68. The molecular formula is C14H15NO. The van der Waals surface area contributed by atoms with Crippen LogP contribution < -0.4 is 4.74 Å². The van der Waals surface area contributed by atoms with Crippen molar-refractivity contribution < 1.29 is 4.74 Å². The molecule has 82 valence electrons. The summed E-state index contributed by atoms with van der Waals surface area (Å²) >= 11 is 0. The van der Waals surface area contributed by atoms with E-state index in [1.54, 1.807) is 7.11 Å². The molecule has 0 aliphatic carbocycles. The number of benzene rings is 1. The summed E-state index contributed by atoms with van der Waals surface area (Å²) < 4.78 is 5.29. The molecule has 0 aliphatic heterocycles. The third-order valence-electron chi connectivity index (χ3n) is 2.59. The zero-order valence-corrected chi connectivity index (χ0v) is 9.60. The minimum absolute atomic E-state index is 0.684. The maximum Gasteiger partial charge on any atom is 0.221 e. The predicted molar refractivity (Wildman–Crippen MR) is 65.6 cm³/mol. The summed E-state index contributed by atoms with van der Waals surface area (Å²) in [4.78, 5) is 4.32. The molecule has 0 fully saturated rings. The van der Waals surface area contributed by atoms with Gasteiger partial charge in [-0.25, -0.2) is 4.98 Å². The van der Waals surface area contributed by atoms with Gasteiger partial charge in [-0.2, -0.15) is 0 Å². The Morgan fingerprint density at radius 2 is 1.94 bits per heavy atom. The van der Waals surface area contributed by atoms with Crippen molar-refractivity contribution in [1.29, 1.82) is 0 Å². The summed E-state index contributed by atoms with van der Waals surface area (Å²) in [7, 11) is 1.65. The maximum atomic E-state index is 5.29. The molecule has 0 bridgehead atoms. The lowest BCUT2D eigenvalue weighted by Gasteiger charge is -2.08. The average Bonchev–Trinajstić information content (AvgIpc) is 2.39. The molecule has 0 radical (unpaired) electrons.